The van der Waals surface area contributed by atoms with Gasteiger partial charge in [-0.15, -0.1) is 0 Å². The number of methoxy groups -OCH3 is 1. The molecule has 1 aromatic carbocycles. The SMILES string of the molecule is COCC(O)CNC(=O)NCC(C)(C)c1ccc(Cl)c(Cl)c1. The summed E-state index contributed by atoms with van der Waals surface area (Å²) in [5, 5.41) is 15.8. The Morgan fingerprint density at radius 1 is 1.32 bits per heavy atom. The molecule has 5 nitrogen and oxygen atoms in total. The quantitative estimate of drug-likeness (QED) is 0.709. The third kappa shape index (κ3) is 6.01. The van der Waals surface area contributed by atoms with Crippen LogP contribution in [0.15, 0.2) is 18.2 Å². The molecule has 1 atom stereocenters. The van der Waals surface area contributed by atoms with E-state index in [0.717, 1.165) is 5.56 Å². The van der Waals surface area contributed by atoms with Gasteiger partial charge >= 0.3 is 6.03 Å². The number of carbonyl (C=O) groups excluding carboxylic acids is 1. The van der Waals surface area contributed by atoms with Gasteiger partial charge in [0.05, 0.1) is 22.8 Å². The highest BCUT2D eigenvalue weighted by atomic mass is 35.5. The lowest BCUT2D eigenvalue weighted by Crippen LogP contribution is -2.45. The van der Waals surface area contributed by atoms with Gasteiger partial charge in [-0.05, 0) is 17.7 Å². The predicted molar refractivity (Wildman–Crippen MR) is 88.8 cm³/mol. The normalized spacial score (nSPS) is 12.8. The number of hydrogen-bond acceptors (Lipinski definition) is 3. The molecule has 1 unspecified atom stereocenters. The fraction of sp³-hybridized carbons (Fsp3) is 0.533. The summed E-state index contributed by atoms with van der Waals surface area (Å²) in [5.41, 5.74) is 0.665. The van der Waals surface area contributed by atoms with Crippen molar-refractivity contribution < 1.29 is 14.6 Å². The van der Waals surface area contributed by atoms with E-state index in [-0.39, 0.29) is 24.6 Å². The van der Waals surface area contributed by atoms with E-state index < -0.39 is 6.10 Å². The topological polar surface area (TPSA) is 70.6 Å². The highest BCUT2D eigenvalue weighted by molar-refractivity contribution is 6.42. The first-order valence-electron chi connectivity index (χ1n) is 6.90. The number of rotatable bonds is 7. The Morgan fingerprint density at radius 2 is 2.00 bits per heavy atom. The van der Waals surface area contributed by atoms with E-state index >= 15 is 0 Å². The molecule has 0 saturated carbocycles. The molecule has 1 rings (SSSR count). The number of ether oxygens (including phenoxy) is 1. The molecular formula is C15H22Cl2N2O3. The van der Waals surface area contributed by atoms with Crippen molar-refractivity contribution in [3.8, 4) is 0 Å². The van der Waals surface area contributed by atoms with Crippen LogP contribution in [0, 0.1) is 0 Å². The van der Waals surface area contributed by atoms with Crippen molar-refractivity contribution in [2.75, 3.05) is 26.8 Å². The number of aliphatic hydroxyl groups excluding tert-OH is 1. The molecule has 22 heavy (non-hydrogen) atoms. The molecule has 7 heteroatoms. The number of carbonyl (C=O) groups is 1. The summed E-state index contributed by atoms with van der Waals surface area (Å²) >= 11 is 11.9. The molecule has 0 radical (unpaired) electrons. The van der Waals surface area contributed by atoms with Crippen molar-refractivity contribution in [1.29, 1.82) is 0 Å². The fourth-order valence-electron chi connectivity index (χ4n) is 1.84. The van der Waals surface area contributed by atoms with Crippen LogP contribution in [0.3, 0.4) is 0 Å². The van der Waals surface area contributed by atoms with E-state index in [0.29, 0.717) is 16.6 Å². The van der Waals surface area contributed by atoms with Gasteiger partial charge in [0.25, 0.3) is 0 Å². The average molecular weight is 349 g/mol. The van der Waals surface area contributed by atoms with Crippen LogP contribution in [-0.4, -0.2) is 44.0 Å². The van der Waals surface area contributed by atoms with Crippen molar-refractivity contribution in [2.45, 2.75) is 25.4 Å². The van der Waals surface area contributed by atoms with E-state index in [1.165, 1.54) is 7.11 Å². The minimum Gasteiger partial charge on any atom is -0.389 e. The Morgan fingerprint density at radius 3 is 2.59 bits per heavy atom. The molecule has 3 N–H and O–H groups in total. The highest BCUT2D eigenvalue weighted by Gasteiger charge is 2.22. The van der Waals surface area contributed by atoms with Gasteiger partial charge in [-0.1, -0.05) is 43.1 Å². The summed E-state index contributed by atoms with van der Waals surface area (Å²) in [7, 11) is 1.49. The minimum atomic E-state index is -0.723. The summed E-state index contributed by atoms with van der Waals surface area (Å²) in [6.45, 7) is 4.71. The molecule has 2 amide bonds. The van der Waals surface area contributed by atoms with Gasteiger partial charge in [-0.2, -0.15) is 0 Å². The molecule has 0 heterocycles. The molecule has 0 bridgehead atoms. The number of aliphatic hydroxyl groups is 1. The van der Waals surface area contributed by atoms with Crippen molar-refractivity contribution in [2.24, 2.45) is 0 Å². The van der Waals surface area contributed by atoms with Crippen LogP contribution in [0.25, 0.3) is 0 Å². The second-order valence-electron chi connectivity index (χ2n) is 5.69. The van der Waals surface area contributed by atoms with Crippen LogP contribution in [-0.2, 0) is 10.2 Å². The second kappa shape index (κ2) is 8.58. The van der Waals surface area contributed by atoms with E-state index in [1.807, 2.05) is 19.9 Å². The zero-order valence-corrected chi connectivity index (χ0v) is 14.5. The van der Waals surface area contributed by atoms with Gasteiger partial charge in [0.1, 0.15) is 0 Å². The summed E-state index contributed by atoms with van der Waals surface area (Å²) in [6.07, 6.45) is -0.723. The third-order valence-electron chi connectivity index (χ3n) is 3.25. The Balaban J connectivity index is 2.51. The van der Waals surface area contributed by atoms with Crippen molar-refractivity contribution in [3.05, 3.63) is 33.8 Å². The summed E-state index contributed by atoms with van der Waals surface area (Å²) < 4.78 is 4.78. The van der Waals surface area contributed by atoms with Gasteiger partial charge < -0.3 is 20.5 Å². The maximum atomic E-state index is 11.7. The van der Waals surface area contributed by atoms with Gasteiger partial charge in [0, 0.05) is 25.6 Å². The van der Waals surface area contributed by atoms with Crippen LogP contribution in [0.4, 0.5) is 4.79 Å². The maximum Gasteiger partial charge on any atom is 0.314 e. The first-order valence-corrected chi connectivity index (χ1v) is 7.66. The molecule has 0 aromatic heterocycles. The number of nitrogens with one attached hydrogen (secondary N) is 2. The Labute approximate surface area is 140 Å². The van der Waals surface area contributed by atoms with E-state index in [2.05, 4.69) is 10.6 Å². The lowest BCUT2D eigenvalue weighted by molar-refractivity contribution is 0.0659. The Bertz CT molecular complexity index is 510. The molecule has 124 valence electrons. The Kier molecular flexibility index (Phi) is 7.42. The molecular weight excluding hydrogens is 327 g/mol. The standard InChI is InChI=1S/C15H22Cl2N2O3/c1-15(2,10-4-5-12(16)13(17)6-10)9-19-14(21)18-7-11(20)8-22-3/h4-6,11,20H,7-9H2,1-3H3,(H2,18,19,21). The van der Waals surface area contributed by atoms with Gasteiger partial charge in [0.15, 0.2) is 0 Å². The van der Waals surface area contributed by atoms with Crippen molar-refractivity contribution in [1.82, 2.24) is 10.6 Å². The van der Waals surface area contributed by atoms with Gasteiger partial charge in [0.2, 0.25) is 0 Å². The molecule has 0 fully saturated rings. The van der Waals surface area contributed by atoms with Gasteiger partial charge in [-0.25, -0.2) is 4.79 Å². The number of amides is 2. The largest absolute Gasteiger partial charge is 0.389 e. The predicted octanol–water partition coefficient (Wildman–Crippen LogP) is 2.58. The van der Waals surface area contributed by atoms with E-state index in [4.69, 9.17) is 27.9 Å². The Hall–Kier alpha value is -1.01. The zero-order valence-electron chi connectivity index (χ0n) is 13.0. The zero-order chi connectivity index (χ0) is 16.8. The van der Waals surface area contributed by atoms with Crippen LogP contribution >= 0.6 is 23.2 Å². The van der Waals surface area contributed by atoms with Crippen molar-refractivity contribution >= 4 is 29.2 Å². The fourth-order valence-corrected chi connectivity index (χ4v) is 2.14. The molecule has 0 aliphatic rings. The molecule has 1 aromatic rings. The smallest absolute Gasteiger partial charge is 0.314 e. The summed E-state index contributed by atoms with van der Waals surface area (Å²) in [6, 6.07) is 5.08. The highest BCUT2D eigenvalue weighted by Crippen LogP contribution is 2.29. The molecule has 0 saturated heterocycles. The first kappa shape index (κ1) is 19.0. The lowest BCUT2D eigenvalue weighted by atomic mass is 9.84. The maximum absolute atomic E-state index is 11.7. The molecule has 0 spiro atoms. The second-order valence-corrected chi connectivity index (χ2v) is 6.50. The molecule has 0 aliphatic carbocycles. The minimum absolute atomic E-state index is 0.132. The first-order chi connectivity index (χ1) is 10.3. The lowest BCUT2D eigenvalue weighted by Gasteiger charge is -2.26. The van der Waals surface area contributed by atoms with Crippen molar-refractivity contribution in [3.63, 3.8) is 0 Å². The monoisotopic (exact) mass is 348 g/mol. The van der Waals surface area contributed by atoms with E-state index in [9.17, 15) is 9.90 Å². The average Bonchev–Trinajstić information content (AvgIpc) is 2.46. The van der Waals surface area contributed by atoms with Crippen LogP contribution < -0.4 is 10.6 Å². The third-order valence-corrected chi connectivity index (χ3v) is 3.99. The summed E-state index contributed by atoms with van der Waals surface area (Å²) in [5.74, 6) is 0. The van der Waals surface area contributed by atoms with E-state index in [1.54, 1.807) is 12.1 Å². The number of hydrogen-bond donors (Lipinski definition) is 3. The summed E-state index contributed by atoms with van der Waals surface area (Å²) in [4.78, 5) is 11.7. The molecule has 0 aliphatic heterocycles. The number of urea groups is 1. The van der Waals surface area contributed by atoms with Gasteiger partial charge in [-0.3, -0.25) is 0 Å². The number of halogens is 2. The number of benzene rings is 1. The van der Waals surface area contributed by atoms with Crippen LogP contribution in [0.5, 0.6) is 0 Å². The van der Waals surface area contributed by atoms with Crippen LogP contribution in [0.2, 0.25) is 10.0 Å². The van der Waals surface area contributed by atoms with Crippen LogP contribution in [0.1, 0.15) is 19.4 Å².